The summed E-state index contributed by atoms with van der Waals surface area (Å²) in [6.45, 7) is 12.4. The second-order valence-electron chi connectivity index (χ2n) is 8.70. The number of nitrogens with one attached hydrogen (secondary N) is 1. The molecule has 170 valence electrons. The van der Waals surface area contributed by atoms with Gasteiger partial charge in [0.25, 0.3) is 5.91 Å². The highest BCUT2D eigenvalue weighted by Gasteiger charge is 2.26. The first-order chi connectivity index (χ1) is 14.6. The van der Waals surface area contributed by atoms with Gasteiger partial charge in [0, 0.05) is 31.6 Å². The minimum Gasteiger partial charge on any atom is -0.370 e. The van der Waals surface area contributed by atoms with Crippen molar-refractivity contribution in [3.63, 3.8) is 0 Å². The van der Waals surface area contributed by atoms with Crippen LogP contribution in [0.25, 0.3) is 0 Å². The van der Waals surface area contributed by atoms with E-state index in [0.29, 0.717) is 23.7 Å². The minimum absolute atomic E-state index is 0.137. The fraction of sp³-hybridized carbons (Fsp3) is 0.545. The van der Waals surface area contributed by atoms with Crippen LogP contribution in [0.4, 0.5) is 11.4 Å². The van der Waals surface area contributed by atoms with Gasteiger partial charge in [-0.25, -0.2) is 13.4 Å². The predicted octanol–water partition coefficient (Wildman–Crippen LogP) is 4.32. The molecule has 1 amide bonds. The number of sulfonamides is 1. The zero-order valence-corrected chi connectivity index (χ0v) is 20.6. The predicted molar refractivity (Wildman–Crippen MR) is 127 cm³/mol. The second kappa shape index (κ2) is 9.26. The van der Waals surface area contributed by atoms with Gasteiger partial charge in [-0.1, -0.05) is 34.6 Å². The van der Waals surface area contributed by atoms with Crippen LogP contribution < -0.4 is 10.2 Å². The number of rotatable bonds is 7. The summed E-state index contributed by atoms with van der Waals surface area (Å²) in [7, 11) is -3.63. The van der Waals surface area contributed by atoms with Crippen LogP contribution in [0, 0.1) is 0 Å². The number of amides is 1. The molecule has 2 heterocycles. The Morgan fingerprint density at radius 2 is 1.84 bits per heavy atom. The van der Waals surface area contributed by atoms with Gasteiger partial charge in [-0.15, -0.1) is 11.3 Å². The fourth-order valence-corrected chi connectivity index (χ4v) is 5.99. The molecular weight excluding hydrogens is 432 g/mol. The monoisotopic (exact) mass is 464 g/mol. The molecule has 0 bridgehead atoms. The first kappa shape index (κ1) is 23.7. The Bertz CT molecular complexity index is 1030. The van der Waals surface area contributed by atoms with E-state index in [0.717, 1.165) is 36.6 Å². The summed E-state index contributed by atoms with van der Waals surface area (Å²) in [4.78, 5) is 20.3. The number of aromatic nitrogens is 1. The maximum atomic E-state index is 13.0. The molecule has 2 aromatic rings. The zero-order chi connectivity index (χ0) is 22.8. The second-order valence-corrected chi connectivity index (χ2v) is 11.7. The quantitative estimate of drug-likeness (QED) is 0.660. The van der Waals surface area contributed by atoms with E-state index in [1.165, 1.54) is 15.6 Å². The largest absolute Gasteiger partial charge is 0.370 e. The maximum Gasteiger partial charge on any atom is 0.267 e. The standard InChI is InChI=1S/C22H32N4O3S2/c1-6-26(7-2)31(28,29)16-10-11-18(25-12-8-9-13-25)17(14-16)24-20(27)19-15-23-21(30-19)22(3,4)5/h10-11,14-15H,6-9,12-13H2,1-5H3,(H,24,27). The van der Waals surface area contributed by atoms with E-state index in [1.807, 2.05) is 19.9 Å². The first-order valence-electron chi connectivity index (χ1n) is 10.7. The molecule has 3 rings (SSSR count). The van der Waals surface area contributed by atoms with Crippen LogP contribution in [0.5, 0.6) is 0 Å². The molecule has 7 nitrogen and oxygen atoms in total. The van der Waals surface area contributed by atoms with Gasteiger partial charge in [0.05, 0.1) is 27.5 Å². The number of hydrogen-bond donors (Lipinski definition) is 1. The molecule has 1 aliphatic heterocycles. The first-order valence-corrected chi connectivity index (χ1v) is 13.0. The summed E-state index contributed by atoms with van der Waals surface area (Å²) in [5.74, 6) is -0.272. The Labute approximate surface area is 189 Å². The van der Waals surface area contributed by atoms with Gasteiger partial charge in [0.2, 0.25) is 10.0 Å². The van der Waals surface area contributed by atoms with E-state index >= 15 is 0 Å². The number of carbonyl (C=O) groups is 1. The highest BCUT2D eigenvalue weighted by atomic mass is 32.2. The van der Waals surface area contributed by atoms with Crippen LogP contribution in [0.1, 0.15) is 62.1 Å². The topological polar surface area (TPSA) is 82.6 Å². The number of nitrogens with zero attached hydrogens (tertiary/aromatic N) is 3. The molecule has 9 heteroatoms. The Morgan fingerprint density at radius 1 is 1.19 bits per heavy atom. The molecule has 1 saturated heterocycles. The van der Waals surface area contributed by atoms with E-state index in [1.54, 1.807) is 18.3 Å². The summed E-state index contributed by atoms with van der Waals surface area (Å²) in [6, 6.07) is 5.04. The van der Waals surface area contributed by atoms with Gasteiger partial charge in [0.15, 0.2) is 0 Å². The molecule has 31 heavy (non-hydrogen) atoms. The lowest BCUT2D eigenvalue weighted by Gasteiger charge is -2.24. The summed E-state index contributed by atoms with van der Waals surface area (Å²) in [5.41, 5.74) is 1.23. The molecular formula is C22H32N4O3S2. The molecule has 0 radical (unpaired) electrons. The van der Waals surface area contributed by atoms with Crippen molar-refractivity contribution in [1.29, 1.82) is 0 Å². The molecule has 0 unspecified atom stereocenters. The van der Waals surface area contributed by atoms with Crippen LogP contribution in [0.3, 0.4) is 0 Å². The normalized spacial score (nSPS) is 15.0. The van der Waals surface area contributed by atoms with E-state index in [9.17, 15) is 13.2 Å². The van der Waals surface area contributed by atoms with E-state index < -0.39 is 10.0 Å². The highest BCUT2D eigenvalue weighted by Crippen LogP contribution is 2.33. The van der Waals surface area contributed by atoms with Crippen molar-refractivity contribution in [2.24, 2.45) is 0 Å². The van der Waals surface area contributed by atoms with Crippen molar-refractivity contribution in [2.75, 3.05) is 36.4 Å². The van der Waals surface area contributed by atoms with Crippen LogP contribution in [-0.2, 0) is 15.4 Å². The Hall–Kier alpha value is -1.97. The molecule has 0 saturated carbocycles. The van der Waals surface area contributed by atoms with Crippen LogP contribution in [0.15, 0.2) is 29.3 Å². The molecule has 0 atom stereocenters. The summed E-state index contributed by atoms with van der Waals surface area (Å²) >= 11 is 1.36. The van der Waals surface area contributed by atoms with Gasteiger partial charge in [0.1, 0.15) is 4.88 Å². The molecule has 1 aromatic carbocycles. The number of carbonyl (C=O) groups excluding carboxylic acids is 1. The van der Waals surface area contributed by atoms with E-state index in [4.69, 9.17) is 0 Å². The number of anilines is 2. The molecule has 1 aliphatic rings. The smallest absolute Gasteiger partial charge is 0.267 e. The molecule has 0 spiro atoms. The van der Waals surface area contributed by atoms with Crippen molar-refractivity contribution in [2.45, 2.75) is 57.8 Å². The Morgan fingerprint density at radius 3 is 2.39 bits per heavy atom. The van der Waals surface area contributed by atoms with E-state index in [2.05, 4.69) is 36.0 Å². The average Bonchev–Trinajstić information content (AvgIpc) is 3.40. The van der Waals surface area contributed by atoms with E-state index in [-0.39, 0.29) is 16.2 Å². The Kier molecular flexibility index (Phi) is 7.08. The lowest BCUT2D eigenvalue weighted by molar-refractivity contribution is 0.103. The third-order valence-electron chi connectivity index (χ3n) is 5.38. The number of hydrogen-bond acceptors (Lipinski definition) is 6. The molecule has 1 N–H and O–H groups in total. The van der Waals surface area contributed by atoms with Crippen LogP contribution in [-0.4, -0.2) is 49.8 Å². The molecule has 1 fully saturated rings. The van der Waals surface area contributed by atoms with Gasteiger partial charge < -0.3 is 10.2 Å². The van der Waals surface area contributed by atoms with Crippen molar-refractivity contribution < 1.29 is 13.2 Å². The van der Waals surface area contributed by atoms with Gasteiger partial charge in [-0.2, -0.15) is 4.31 Å². The van der Waals surface area contributed by atoms with Gasteiger partial charge in [-0.3, -0.25) is 4.79 Å². The average molecular weight is 465 g/mol. The third-order valence-corrected chi connectivity index (χ3v) is 8.84. The zero-order valence-electron chi connectivity index (χ0n) is 18.9. The van der Waals surface area contributed by atoms with Crippen molar-refractivity contribution in [3.8, 4) is 0 Å². The molecule has 1 aromatic heterocycles. The van der Waals surface area contributed by atoms with Crippen LogP contribution >= 0.6 is 11.3 Å². The summed E-state index contributed by atoms with van der Waals surface area (Å²) in [6.07, 6.45) is 3.75. The minimum atomic E-state index is -3.63. The number of thiazole rings is 1. The van der Waals surface area contributed by atoms with Crippen LogP contribution in [0.2, 0.25) is 0 Å². The maximum absolute atomic E-state index is 13.0. The lowest BCUT2D eigenvalue weighted by atomic mass is 9.98. The van der Waals surface area contributed by atoms with Gasteiger partial charge in [-0.05, 0) is 31.0 Å². The number of benzene rings is 1. The third kappa shape index (κ3) is 5.10. The highest BCUT2D eigenvalue weighted by molar-refractivity contribution is 7.89. The van der Waals surface area contributed by atoms with Crippen molar-refractivity contribution in [1.82, 2.24) is 9.29 Å². The SMILES string of the molecule is CCN(CC)S(=O)(=O)c1ccc(N2CCCC2)c(NC(=O)c2cnc(C(C)(C)C)s2)c1. The summed E-state index contributed by atoms with van der Waals surface area (Å²) < 4.78 is 27.5. The van der Waals surface area contributed by atoms with Gasteiger partial charge >= 0.3 is 0 Å². The van der Waals surface area contributed by atoms with Crippen molar-refractivity contribution >= 4 is 38.6 Å². The lowest BCUT2D eigenvalue weighted by Crippen LogP contribution is -2.31. The van der Waals surface area contributed by atoms with Crippen molar-refractivity contribution in [3.05, 3.63) is 34.3 Å². The molecule has 0 aliphatic carbocycles. The summed E-state index contributed by atoms with van der Waals surface area (Å²) in [5, 5.41) is 3.85. The fourth-order valence-electron chi connectivity index (χ4n) is 3.63. The Balaban J connectivity index is 1.97.